The Balaban J connectivity index is 2.40. The van der Waals surface area contributed by atoms with Crippen LogP contribution in [0, 0.1) is 0 Å². The molecule has 7 nitrogen and oxygen atoms in total. The van der Waals surface area contributed by atoms with Crippen molar-refractivity contribution in [2.24, 2.45) is 0 Å². The summed E-state index contributed by atoms with van der Waals surface area (Å²) in [5.41, 5.74) is 2.08. The minimum Gasteiger partial charge on any atom is -0.352 e. The molecule has 34 heavy (non-hydrogen) atoms. The molecule has 0 radical (unpaired) electrons. The van der Waals surface area contributed by atoms with E-state index in [0.29, 0.717) is 21.3 Å². The highest BCUT2D eigenvalue weighted by molar-refractivity contribution is 7.92. The molecular formula is C24H31Cl2N3O4S. The van der Waals surface area contributed by atoms with Crippen LogP contribution < -0.4 is 9.62 Å². The van der Waals surface area contributed by atoms with Gasteiger partial charge in [-0.05, 0) is 62.6 Å². The molecule has 0 aliphatic heterocycles. The minimum absolute atomic E-state index is 0.0504. The number of amides is 2. The van der Waals surface area contributed by atoms with Crippen LogP contribution in [0.2, 0.25) is 10.0 Å². The summed E-state index contributed by atoms with van der Waals surface area (Å²) in [6, 6.07) is 11.0. The predicted octanol–water partition coefficient (Wildman–Crippen LogP) is 4.26. The van der Waals surface area contributed by atoms with Crippen LogP contribution in [0.15, 0.2) is 42.5 Å². The highest BCUT2D eigenvalue weighted by Crippen LogP contribution is 2.24. The van der Waals surface area contributed by atoms with Crippen LogP contribution in [0.5, 0.6) is 0 Å². The third-order valence-corrected chi connectivity index (χ3v) is 7.13. The predicted molar refractivity (Wildman–Crippen MR) is 138 cm³/mol. The second-order valence-electron chi connectivity index (χ2n) is 8.40. The molecule has 2 aromatic carbocycles. The summed E-state index contributed by atoms with van der Waals surface area (Å²) in [4.78, 5) is 27.6. The number of sulfonamides is 1. The SMILES string of the molecule is CCc1ccc(N(CC(=O)N(Cc2ccc(Cl)c(Cl)c2)[C@@H](C)C(=O)NC(C)C)S(C)(=O)=O)cc1. The Morgan fingerprint density at radius 3 is 2.06 bits per heavy atom. The zero-order valence-corrected chi connectivity index (χ0v) is 22.3. The number of nitrogens with one attached hydrogen (secondary N) is 1. The van der Waals surface area contributed by atoms with Gasteiger partial charge in [-0.2, -0.15) is 0 Å². The van der Waals surface area contributed by atoms with Crippen molar-refractivity contribution in [1.82, 2.24) is 10.2 Å². The number of carbonyl (C=O) groups excluding carboxylic acids is 2. The van der Waals surface area contributed by atoms with E-state index < -0.39 is 28.5 Å². The molecule has 0 aliphatic carbocycles. The molecule has 10 heteroatoms. The lowest BCUT2D eigenvalue weighted by atomic mass is 10.1. The van der Waals surface area contributed by atoms with E-state index in [-0.39, 0.29) is 18.5 Å². The Morgan fingerprint density at radius 2 is 1.56 bits per heavy atom. The van der Waals surface area contributed by atoms with Gasteiger partial charge in [-0.3, -0.25) is 13.9 Å². The molecule has 0 fully saturated rings. The van der Waals surface area contributed by atoms with Crippen molar-refractivity contribution < 1.29 is 18.0 Å². The number of hydrogen-bond acceptors (Lipinski definition) is 4. The van der Waals surface area contributed by atoms with Gasteiger partial charge in [0.1, 0.15) is 12.6 Å². The highest BCUT2D eigenvalue weighted by Gasteiger charge is 2.30. The summed E-state index contributed by atoms with van der Waals surface area (Å²) in [6.45, 7) is 6.84. The fourth-order valence-corrected chi connectivity index (χ4v) is 4.50. The highest BCUT2D eigenvalue weighted by atomic mass is 35.5. The minimum atomic E-state index is -3.77. The fourth-order valence-electron chi connectivity index (χ4n) is 3.33. The standard InChI is InChI=1S/C24H31Cl2N3O4S/c1-6-18-7-10-20(11-8-18)29(34(5,32)33)15-23(30)28(17(4)24(31)27-16(2)3)14-19-9-12-21(25)22(26)13-19/h7-13,16-17H,6,14-15H2,1-5H3,(H,27,31)/t17-/m0/s1. The molecule has 2 aromatic rings. The summed E-state index contributed by atoms with van der Waals surface area (Å²) in [6.07, 6.45) is 1.85. The van der Waals surface area contributed by atoms with Crippen LogP contribution in [0.3, 0.4) is 0 Å². The molecule has 0 saturated carbocycles. The molecular weight excluding hydrogens is 497 g/mol. The van der Waals surface area contributed by atoms with Gasteiger partial charge < -0.3 is 10.2 Å². The third kappa shape index (κ3) is 7.61. The number of anilines is 1. The molecule has 1 atom stereocenters. The number of hydrogen-bond donors (Lipinski definition) is 1. The molecule has 0 spiro atoms. The summed E-state index contributed by atoms with van der Waals surface area (Å²) >= 11 is 12.1. The number of halogens is 2. The first-order chi connectivity index (χ1) is 15.8. The Morgan fingerprint density at radius 1 is 0.971 bits per heavy atom. The molecule has 0 bridgehead atoms. The summed E-state index contributed by atoms with van der Waals surface area (Å²) < 4.78 is 26.2. The molecule has 2 amide bonds. The molecule has 0 unspecified atom stereocenters. The van der Waals surface area contributed by atoms with Gasteiger partial charge in [-0.15, -0.1) is 0 Å². The van der Waals surface area contributed by atoms with Crippen LogP contribution in [0.1, 0.15) is 38.8 Å². The number of nitrogens with zero attached hydrogens (tertiary/aromatic N) is 2. The molecule has 1 N–H and O–H groups in total. The van der Waals surface area contributed by atoms with Crippen molar-refractivity contribution in [3.05, 3.63) is 63.6 Å². The van der Waals surface area contributed by atoms with E-state index in [1.165, 1.54) is 4.90 Å². The van der Waals surface area contributed by atoms with Crippen molar-refractivity contribution >= 4 is 50.7 Å². The van der Waals surface area contributed by atoms with E-state index in [9.17, 15) is 18.0 Å². The lowest BCUT2D eigenvalue weighted by Crippen LogP contribution is -2.52. The molecule has 0 saturated heterocycles. The topological polar surface area (TPSA) is 86.8 Å². The van der Waals surface area contributed by atoms with Gasteiger partial charge in [-0.25, -0.2) is 8.42 Å². The maximum atomic E-state index is 13.5. The van der Waals surface area contributed by atoms with Gasteiger partial charge in [-0.1, -0.05) is 48.3 Å². The van der Waals surface area contributed by atoms with Gasteiger partial charge in [0.05, 0.1) is 22.0 Å². The zero-order valence-electron chi connectivity index (χ0n) is 20.0. The van der Waals surface area contributed by atoms with Crippen LogP contribution in [-0.2, 0) is 32.6 Å². The average molecular weight is 529 g/mol. The Bertz CT molecular complexity index is 1120. The van der Waals surface area contributed by atoms with Crippen molar-refractivity contribution in [1.29, 1.82) is 0 Å². The first kappa shape index (κ1) is 28.0. The molecule has 0 aromatic heterocycles. The largest absolute Gasteiger partial charge is 0.352 e. The van der Waals surface area contributed by atoms with Gasteiger partial charge in [0.25, 0.3) is 0 Å². The normalized spacial score (nSPS) is 12.4. The maximum Gasteiger partial charge on any atom is 0.244 e. The van der Waals surface area contributed by atoms with Gasteiger partial charge in [0.2, 0.25) is 21.8 Å². The number of carbonyl (C=O) groups is 2. The first-order valence-corrected chi connectivity index (χ1v) is 13.5. The van der Waals surface area contributed by atoms with E-state index >= 15 is 0 Å². The number of aryl methyl sites for hydroxylation is 1. The van der Waals surface area contributed by atoms with Crippen LogP contribution in [-0.4, -0.2) is 50.0 Å². The lowest BCUT2D eigenvalue weighted by Gasteiger charge is -2.32. The second-order valence-corrected chi connectivity index (χ2v) is 11.1. The van der Waals surface area contributed by atoms with Gasteiger partial charge in [0, 0.05) is 12.6 Å². The Hall–Kier alpha value is -2.29. The molecule has 2 rings (SSSR count). The van der Waals surface area contributed by atoms with Crippen molar-refractivity contribution in [3.8, 4) is 0 Å². The van der Waals surface area contributed by atoms with Crippen molar-refractivity contribution in [3.63, 3.8) is 0 Å². The first-order valence-electron chi connectivity index (χ1n) is 10.9. The molecule has 0 aliphatic rings. The summed E-state index contributed by atoms with van der Waals surface area (Å²) in [5, 5.41) is 3.49. The van der Waals surface area contributed by atoms with E-state index in [1.807, 2.05) is 32.9 Å². The summed E-state index contributed by atoms with van der Waals surface area (Å²) in [7, 11) is -3.77. The van der Waals surface area contributed by atoms with Gasteiger partial charge >= 0.3 is 0 Å². The number of rotatable bonds is 10. The van der Waals surface area contributed by atoms with Crippen molar-refractivity contribution in [2.75, 3.05) is 17.1 Å². The Labute approximate surface area is 212 Å². The smallest absolute Gasteiger partial charge is 0.244 e. The molecule has 186 valence electrons. The lowest BCUT2D eigenvalue weighted by molar-refractivity contribution is -0.139. The van der Waals surface area contributed by atoms with E-state index in [4.69, 9.17) is 23.2 Å². The maximum absolute atomic E-state index is 13.5. The summed E-state index contributed by atoms with van der Waals surface area (Å²) in [5.74, 6) is -0.871. The van der Waals surface area contributed by atoms with Gasteiger partial charge in [0.15, 0.2) is 0 Å². The van der Waals surface area contributed by atoms with Crippen LogP contribution in [0.25, 0.3) is 0 Å². The Kier molecular flexibility index (Phi) is 9.79. The average Bonchev–Trinajstić information content (AvgIpc) is 2.76. The zero-order chi connectivity index (χ0) is 25.6. The monoisotopic (exact) mass is 527 g/mol. The van der Waals surface area contributed by atoms with Crippen LogP contribution in [0.4, 0.5) is 5.69 Å². The quantitative estimate of drug-likeness (QED) is 0.499. The van der Waals surface area contributed by atoms with E-state index in [1.54, 1.807) is 37.3 Å². The second kappa shape index (κ2) is 11.9. The fraction of sp³-hybridized carbons (Fsp3) is 0.417. The van der Waals surface area contributed by atoms with E-state index in [0.717, 1.165) is 22.5 Å². The molecule has 0 heterocycles. The van der Waals surface area contributed by atoms with Crippen molar-refractivity contribution in [2.45, 2.75) is 52.7 Å². The third-order valence-electron chi connectivity index (χ3n) is 5.25. The number of benzene rings is 2. The van der Waals surface area contributed by atoms with Crippen LogP contribution >= 0.6 is 23.2 Å². The van der Waals surface area contributed by atoms with E-state index in [2.05, 4.69) is 5.32 Å².